The average Bonchev–Trinajstić information content (AvgIpc) is 2.12. The number of hydrogen-bond donors (Lipinski definition) is 0. The maximum absolute atomic E-state index is 12.5. The van der Waals surface area contributed by atoms with Crippen LogP contribution in [0, 0.1) is 6.92 Å². The van der Waals surface area contributed by atoms with E-state index >= 15 is 0 Å². The summed E-state index contributed by atoms with van der Waals surface area (Å²) in [4.78, 5) is 0. The number of benzene rings is 1. The van der Waals surface area contributed by atoms with Crippen molar-refractivity contribution in [1.29, 1.82) is 0 Å². The Balaban J connectivity index is 0.00000225. The van der Waals surface area contributed by atoms with Crippen LogP contribution in [0.1, 0.15) is 18.9 Å². The molecule has 1 aromatic rings. The van der Waals surface area contributed by atoms with Crippen LogP contribution in [0.25, 0.3) is 0 Å². The molecule has 0 aliphatic carbocycles. The molecule has 0 aromatic heterocycles. The normalized spacial score (nSPS) is 10.8. The molecule has 0 radical (unpaired) electrons. The van der Waals surface area contributed by atoms with Crippen LogP contribution in [0.5, 0.6) is 5.75 Å². The van der Waals surface area contributed by atoms with Crippen LogP contribution in [0.3, 0.4) is 0 Å². The van der Waals surface area contributed by atoms with Crippen LogP contribution < -0.4 is 61.6 Å². The predicted octanol–water partition coefficient (Wildman–Crippen LogP) is -0.158. The van der Waals surface area contributed by atoms with Crippen molar-refractivity contribution < 1.29 is 69.1 Å². The van der Waals surface area contributed by atoms with Crippen molar-refractivity contribution in [3.8, 4) is 5.75 Å². The zero-order valence-electron chi connectivity index (χ0n) is 9.77. The summed E-state index contributed by atoms with van der Waals surface area (Å²) in [6.45, 7) is -1.000. The first kappa shape index (κ1) is 16.5. The van der Waals surface area contributed by atoms with Crippen molar-refractivity contribution in [2.45, 2.75) is 20.3 Å². The van der Waals surface area contributed by atoms with E-state index in [0.29, 0.717) is 12.4 Å². The first-order valence-electron chi connectivity index (χ1n) is 4.88. The third-order valence-corrected chi connectivity index (χ3v) is 2.07. The van der Waals surface area contributed by atoms with E-state index in [1.165, 1.54) is 19.1 Å². The van der Waals surface area contributed by atoms with Gasteiger partial charge in [0.2, 0.25) is 0 Å². The van der Waals surface area contributed by atoms with Gasteiger partial charge in [0.1, 0.15) is 5.75 Å². The van der Waals surface area contributed by atoms with Crippen molar-refractivity contribution in [2.24, 2.45) is 0 Å². The van der Waals surface area contributed by atoms with Gasteiger partial charge in [-0.2, -0.15) is 0 Å². The number of ether oxygens (including phenoxy) is 1. The third kappa shape index (κ3) is 4.79. The van der Waals surface area contributed by atoms with Crippen LogP contribution in [0.15, 0.2) is 18.2 Å². The number of aryl methyl sites for hydroxylation is 1. The van der Waals surface area contributed by atoms with E-state index in [1.54, 1.807) is 0 Å². The molecule has 0 bridgehead atoms. The topological polar surface area (TPSA) is 9.23 Å². The van der Waals surface area contributed by atoms with Crippen LogP contribution in [0.4, 0.5) is 12.9 Å². The molecule has 1 rings (SSSR count). The van der Waals surface area contributed by atoms with Crippen molar-refractivity contribution in [1.82, 2.24) is 0 Å². The molecule has 84 valence electrons. The molecule has 0 unspecified atom stereocenters. The van der Waals surface area contributed by atoms with E-state index in [4.69, 9.17) is 4.74 Å². The molecular weight excluding hydrogens is 243 g/mol. The first-order chi connectivity index (χ1) is 6.95. The fourth-order valence-corrected chi connectivity index (χ4v) is 1.33. The molecular formula is C10H13BF3KO. The smallest absolute Gasteiger partial charge is 0.494 e. The van der Waals surface area contributed by atoms with Gasteiger partial charge >= 0.3 is 58.4 Å². The van der Waals surface area contributed by atoms with E-state index in [1.807, 2.05) is 6.92 Å². The van der Waals surface area contributed by atoms with Gasteiger partial charge in [-0.05, 0) is 25.5 Å². The molecule has 0 N–H and O–H groups in total. The van der Waals surface area contributed by atoms with Crippen molar-refractivity contribution in [3.05, 3.63) is 23.8 Å². The third-order valence-electron chi connectivity index (χ3n) is 2.07. The zero-order valence-corrected chi connectivity index (χ0v) is 12.9. The molecule has 0 amide bonds. The van der Waals surface area contributed by atoms with Gasteiger partial charge in [-0.3, -0.25) is 0 Å². The van der Waals surface area contributed by atoms with Gasteiger partial charge in [-0.15, -0.1) is 5.46 Å². The van der Waals surface area contributed by atoms with E-state index in [-0.39, 0.29) is 56.9 Å². The number of halogens is 3. The molecule has 0 aliphatic heterocycles. The summed E-state index contributed by atoms with van der Waals surface area (Å²) in [5.74, 6) is 0.498. The molecule has 0 saturated heterocycles. The van der Waals surface area contributed by atoms with Crippen LogP contribution in [0.2, 0.25) is 0 Å². The van der Waals surface area contributed by atoms with E-state index in [9.17, 15) is 12.9 Å². The minimum Gasteiger partial charge on any atom is -0.494 e. The Labute approximate surface area is 136 Å². The van der Waals surface area contributed by atoms with Gasteiger partial charge in [-0.25, -0.2) is 0 Å². The first-order valence-corrected chi connectivity index (χ1v) is 4.88. The summed E-state index contributed by atoms with van der Waals surface area (Å²) in [7, 11) is 0. The summed E-state index contributed by atoms with van der Waals surface area (Å²) in [5.41, 5.74) is -0.324. The Kier molecular flexibility index (Phi) is 7.28. The number of hydrogen-bond acceptors (Lipinski definition) is 1. The largest absolute Gasteiger partial charge is 1.00 e. The number of rotatable bonds is 4. The second kappa shape index (κ2) is 7.06. The summed E-state index contributed by atoms with van der Waals surface area (Å²) in [6.07, 6.45) is 0.837. The molecule has 1 nitrogen and oxygen atoms in total. The van der Waals surface area contributed by atoms with Crippen molar-refractivity contribution in [3.63, 3.8) is 0 Å². The van der Waals surface area contributed by atoms with E-state index < -0.39 is 12.4 Å². The SMILES string of the molecule is CCCOc1ccc([B-](F)(F)F)c(C)c1.[K+]. The standard InChI is InChI=1S/C10H13BF3O.K/c1-3-6-15-9-4-5-10(8(2)7-9)11(12,13)14;/h4-5,7H,3,6H2,1-2H3;/q-1;+1. The molecule has 0 spiro atoms. The summed E-state index contributed by atoms with van der Waals surface area (Å²) >= 11 is 0. The Morgan fingerprint density at radius 1 is 1.25 bits per heavy atom. The summed E-state index contributed by atoms with van der Waals surface area (Å²) in [6, 6.07) is 3.88. The fourth-order valence-electron chi connectivity index (χ4n) is 1.33. The Bertz CT molecular complexity index is 341. The Morgan fingerprint density at radius 3 is 2.31 bits per heavy atom. The van der Waals surface area contributed by atoms with Gasteiger partial charge in [0, 0.05) is 0 Å². The van der Waals surface area contributed by atoms with Crippen molar-refractivity contribution in [2.75, 3.05) is 6.61 Å². The molecule has 0 saturated carbocycles. The van der Waals surface area contributed by atoms with Gasteiger partial charge in [0.25, 0.3) is 0 Å². The van der Waals surface area contributed by atoms with Crippen LogP contribution in [-0.4, -0.2) is 13.6 Å². The van der Waals surface area contributed by atoms with Gasteiger partial charge in [-0.1, -0.05) is 18.6 Å². The Hall–Kier alpha value is 0.511. The summed E-state index contributed by atoms with van der Waals surface area (Å²) in [5, 5.41) is 0. The van der Waals surface area contributed by atoms with E-state index in [0.717, 1.165) is 12.5 Å². The molecule has 16 heavy (non-hydrogen) atoms. The van der Waals surface area contributed by atoms with Crippen LogP contribution >= 0.6 is 0 Å². The molecule has 0 fully saturated rings. The van der Waals surface area contributed by atoms with E-state index in [2.05, 4.69) is 0 Å². The molecule has 6 heteroatoms. The monoisotopic (exact) mass is 256 g/mol. The minimum absolute atomic E-state index is 0. The summed E-state index contributed by atoms with van der Waals surface area (Å²) < 4.78 is 42.6. The minimum atomic E-state index is -4.92. The fraction of sp³-hybridized carbons (Fsp3) is 0.400. The molecule has 0 heterocycles. The second-order valence-corrected chi connectivity index (χ2v) is 3.44. The predicted molar refractivity (Wildman–Crippen MR) is 55.7 cm³/mol. The zero-order chi connectivity index (χ0) is 11.5. The average molecular weight is 256 g/mol. The molecule has 0 aliphatic rings. The maximum Gasteiger partial charge on any atom is 1.00 e. The maximum atomic E-state index is 12.5. The van der Waals surface area contributed by atoms with Gasteiger partial charge in [0.15, 0.2) is 0 Å². The molecule has 0 atom stereocenters. The van der Waals surface area contributed by atoms with Crippen LogP contribution in [-0.2, 0) is 0 Å². The van der Waals surface area contributed by atoms with Crippen molar-refractivity contribution >= 4 is 12.4 Å². The Morgan fingerprint density at radius 2 is 1.88 bits per heavy atom. The quantitative estimate of drug-likeness (QED) is 0.680. The second-order valence-electron chi connectivity index (χ2n) is 3.44. The van der Waals surface area contributed by atoms with Gasteiger partial charge in [0.05, 0.1) is 6.61 Å². The molecule has 1 aromatic carbocycles. The van der Waals surface area contributed by atoms with Gasteiger partial charge < -0.3 is 17.7 Å².